The molecular formula is C17H24BrClO2. The highest BCUT2D eigenvalue weighted by molar-refractivity contribution is 9.10. The lowest BCUT2D eigenvalue weighted by atomic mass is 9.83. The first-order chi connectivity index (χ1) is 9.76. The van der Waals surface area contributed by atoms with E-state index in [9.17, 15) is 0 Å². The van der Waals surface area contributed by atoms with E-state index in [0.717, 1.165) is 28.0 Å². The molecule has 0 fully saturated rings. The van der Waals surface area contributed by atoms with Gasteiger partial charge in [0.25, 0.3) is 0 Å². The zero-order valence-corrected chi connectivity index (χ0v) is 15.6. The van der Waals surface area contributed by atoms with Crippen LogP contribution >= 0.6 is 27.5 Å². The van der Waals surface area contributed by atoms with E-state index in [0.29, 0.717) is 24.5 Å². The molecule has 2 atom stereocenters. The fraction of sp³-hybridized carbons (Fsp3) is 0.647. The lowest BCUT2D eigenvalue weighted by molar-refractivity contribution is 0.171. The molecule has 2 rings (SSSR count). The van der Waals surface area contributed by atoms with Crippen molar-refractivity contribution in [3.63, 3.8) is 0 Å². The first-order valence-electron chi connectivity index (χ1n) is 7.49. The average Bonchev–Trinajstić information content (AvgIpc) is 2.35. The molecule has 1 aliphatic heterocycles. The minimum Gasteiger partial charge on any atom is -0.486 e. The van der Waals surface area contributed by atoms with Gasteiger partial charge in [-0.3, -0.25) is 0 Å². The monoisotopic (exact) mass is 374 g/mol. The van der Waals surface area contributed by atoms with Gasteiger partial charge >= 0.3 is 0 Å². The van der Waals surface area contributed by atoms with Crippen LogP contribution in [-0.4, -0.2) is 13.2 Å². The summed E-state index contributed by atoms with van der Waals surface area (Å²) in [6.07, 6.45) is 2.12. The molecule has 0 bridgehead atoms. The van der Waals surface area contributed by atoms with E-state index in [4.69, 9.17) is 21.1 Å². The minimum absolute atomic E-state index is 0.0208. The molecule has 0 spiro atoms. The normalized spacial score (nSPS) is 17.4. The molecule has 1 aromatic carbocycles. The maximum absolute atomic E-state index is 6.65. The molecule has 2 unspecified atom stereocenters. The standard InChI is InChI=1S/C17H24BrClO2/c1-11(10-17(2,3)4)7-14(19)12-8-15-16(9-13(12)18)21-6-5-20-15/h8-9,11,14H,5-7,10H2,1-4H3. The third kappa shape index (κ3) is 4.79. The van der Waals surface area contributed by atoms with Crippen LogP contribution in [-0.2, 0) is 0 Å². The zero-order chi connectivity index (χ0) is 15.6. The van der Waals surface area contributed by atoms with Crippen LogP contribution in [0.25, 0.3) is 0 Å². The number of benzene rings is 1. The van der Waals surface area contributed by atoms with Crippen molar-refractivity contribution in [2.45, 2.75) is 45.9 Å². The average molecular weight is 376 g/mol. The Bertz CT molecular complexity index is 496. The van der Waals surface area contributed by atoms with Crippen molar-refractivity contribution in [3.8, 4) is 11.5 Å². The topological polar surface area (TPSA) is 18.5 Å². The number of alkyl halides is 1. The molecule has 0 saturated heterocycles. The van der Waals surface area contributed by atoms with Gasteiger partial charge in [0.2, 0.25) is 0 Å². The lowest BCUT2D eigenvalue weighted by Gasteiger charge is -2.26. The summed E-state index contributed by atoms with van der Waals surface area (Å²) < 4.78 is 12.2. The molecule has 2 nitrogen and oxygen atoms in total. The molecule has 0 saturated carbocycles. The maximum atomic E-state index is 6.65. The van der Waals surface area contributed by atoms with E-state index >= 15 is 0 Å². The smallest absolute Gasteiger partial charge is 0.162 e. The van der Waals surface area contributed by atoms with Gasteiger partial charge in [0, 0.05) is 4.47 Å². The van der Waals surface area contributed by atoms with E-state index in [-0.39, 0.29) is 5.38 Å². The number of rotatable bonds is 4. The van der Waals surface area contributed by atoms with Crippen LogP contribution in [0.15, 0.2) is 16.6 Å². The van der Waals surface area contributed by atoms with Crippen molar-refractivity contribution in [2.24, 2.45) is 11.3 Å². The van der Waals surface area contributed by atoms with Crippen LogP contribution in [0.2, 0.25) is 0 Å². The minimum atomic E-state index is -0.0208. The van der Waals surface area contributed by atoms with Gasteiger partial charge in [0.15, 0.2) is 11.5 Å². The highest BCUT2D eigenvalue weighted by Crippen LogP contribution is 2.42. The van der Waals surface area contributed by atoms with Crippen LogP contribution in [0.1, 0.15) is 51.5 Å². The van der Waals surface area contributed by atoms with Crippen LogP contribution in [0.3, 0.4) is 0 Å². The highest BCUT2D eigenvalue weighted by Gasteiger charge is 2.22. The number of ether oxygens (including phenoxy) is 2. The fourth-order valence-corrected chi connectivity index (χ4v) is 4.14. The number of halogens is 2. The third-order valence-electron chi connectivity index (χ3n) is 3.57. The molecule has 1 aliphatic rings. The molecule has 1 heterocycles. The van der Waals surface area contributed by atoms with E-state index in [1.54, 1.807) is 0 Å². The molecular weight excluding hydrogens is 352 g/mol. The van der Waals surface area contributed by atoms with Crippen LogP contribution in [0.4, 0.5) is 0 Å². The number of fused-ring (bicyclic) bond motifs is 1. The molecule has 0 aliphatic carbocycles. The second-order valence-corrected chi connectivity index (χ2v) is 8.47. The van der Waals surface area contributed by atoms with Gasteiger partial charge in [-0.25, -0.2) is 0 Å². The second-order valence-electron chi connectivity index (χ2n) is 7.09. The van der Waals surface area contributed by atoms with Gasteiger partial charge in [-0.2, -0.15) is 0 Å². The van der Waals surface area contributed by atoms with Gasteiger partial charge in [-0.15, -0.1) is 11.6 Å². The molecule has 4 heteroatoms. The Morgan fingerprint density at radius 2 is 1.76 bits per heavy atom. The van der Waals surface area contributed by atoms with Gasteiger partial charge in [-0.1, -0.05) is 43.6 Å². The van der Waals surface area contributed by atoms with Gasteiger partial charge in [-0.05, 0) is 41.9 Å². The summed E-state index contributed by atoms with van der Waals surface area (Å²) in [6, 6.07) is 3.98. The molecule has 0 amide bonds. The lowest BCUT2D eigenvalue weighted by Crippen LogP contribution is -2.16. The Hall–Kier alpha value is -0.410. The summed E-state index contributed by atoms with van der Waals surface area (Å²) in [5.74, 6) is 2.17. The molecule has 0 aromatic heterocycles. The third-order valence-corrected chi connectivity index (χ3v) is 4.67. The van der Waals surface area contributed by atoms with E-state index in [1.807, 2.05) is 12.1 Å². The fourth-order valence-electron chi connectivity index (χ4n) is 2.93. The largest absolute Gasteiger partial charge is 0.486 e. The Balaban J connectivity index is 2.10. The summed E-state index contributed by atoms with van der Waals surface area (Å²) in [6.45, 7) is 10.3. The highest BCUT2D eigenvalue weighted by atomic mass is 79.9. The van der Waals surface area contributed by atoms with Gasteiger partial charge < -0.3 is 9.47 Å². The number of hydrogen-bond acceptors (Lipinski definition) is 2. The summed E-state index contributed by atoms with van der Waals surface area (Å²) >= 11 is 10.3. The zero-order valence-electron chi connectivity index (χ0n) is 13.2. The molecule has 118 valence electrons. The molecule has 0 N–H and O–H groups in total. The SMILES string of the molecule is CC(CC(Cl)c1cc2c(cc1Br)OCCO2)CC(C)(C)C. The van der Waals surface area contributed by atoms with Crippen molar-refractivity contribution in [3.05, 3.63) is 22.2 Å². The molecule has 21 heavy (non-hydrogen) atoms. The van der Waals surface area contributed by atoms with Crippen molar-refractivity contribution in [1.29, 1.82) is 0 Å². The predicted molar refractivity (Wildman–Crippen MR) is 91.6 cm³/mol. The van der Waals surface area contributed by atoms with Gasteiger partial charge in [0.05, 0.1) is 5.38 Å². The summed E-state index contributed by atoms with van der Waals surface area (Å²) in [7, 11) is 0. The summed E-state index contributed by atoms with van der Waals surface area (Å²) in [5.41, 5.74) is 1.42. The van der Waals surface area contributed by atoms with Gasteiger partial charge in [0.1, 0.15) is 13.2 Å². The Kier molecular flexibility index (Phi) is 5.48. The first kappa shape index (κ1) is 17.0. The second kappa shape index (κ2) is 6.78. The first-order valence-corrected chi connectivity index (χ1v) is 8.72. The maximum Gasteiger partial charge on any atom is 0.162 e. The van der Waals surface area contributed by atoms with Crippen LogP contribution in [0, 0.1) is 11.3 Å². The summed E-state index contributed by atoms with van der Waals surface area (Å²) in [5, 5.41) is -0.0208. The molecule has 0 radical (unpaired) electrons. The van der Waals surface area contributed by atoms with E-state index in [1.165, 1.54) is 6.42 Å². The van der Waals surface area contributed by atoms with Crippen molar-refractivity contribution < 1.29 is 9.47 Å². The Morgan fingerprint density at radius 3 is 2.33 bits per heavy atom. The van der Waals surface area contributed by atoms with E-state index in [2.05, 4.69) is 43.6 Å². The number of hydrogen-bond donors (Lipinski definition) is 0. The quantitative estimate of drug-likeness (QED) is 0.604. The van der Waals surface area contributed by atoms with Crippen LogP contribution < -0.4 is 9.47 Å². The van der Waals surface area contributed by atoms with Crippen LogP contribution in [0.5, 0.6) is 11.5 Å². The van der Waals surface area contributed by atoms with E-state index < -0.39 is 0 Å². The van der Waals surface area contributed by atoms with Crippen molar-refractivity contribution in [2.75, 3.05) is 13.2 Å². The Labute approximate surface area is 141 Å². The van der Waals surface area contributed by atoms with Crippen molar-refractivity contribution in [1.82, 2.24) is 0 Å². The Morgan fingerprint density at radius 1 is 1.19 bits per heavy atom. The molecule has 1 aromatic rings. The predicted octanol–water partition coefficient (Wildman–Crippen LogP) is 5.96. The summed E-state index contributed by atoms with van der Waals surface area (Å²) in [4.78, 5) is 0. The van der Waals surface area contributed by atoms with Crippen molar-refractivity contribution >= 4 is 27.5 Å².